The van der Waals surface area contributed by atoms with Gasteiger partial charge in [0.1, 0.15) is 17.6 Å². The van der Waals surface area contributed by atoms with Crippen LogP contribution in [0.5, 0.6) is 5.75 Å². The Labute approximate surface area is 208 Å². The van der Waals surface area contributed by atoms with Crippen molar-refractivity contribution in [1.29, 1.82) is 5.26 Å². The van der Waals surface area contributed by atoms with E-state index in [0.717, 1.165) is 31.5 Å². The Bertz CT molecular complexity index is 1340. The number of amides is 1. The lowest BCUT2D eigenvalue weighted by Crippen LogP contribution is -2.27. The van der Waals surface area contributed by atoms with Crippen LogP contribution >= 0.6 is 11.6 Å². The van der Waals surface area contributed by atoms with Crippen molar-refractivity contribution in [2.45, 2.75) is 19.8 Å². The number of rotatable bonds is 6. The molecule has 0 saturated carbocycles. The summed E-state index contributed by atoms with van der Waals surface area (Å²) < 4.78 is 19.4. The van der Waals surface area contributed by atoms with Crippen LogP contribution in [-0.2, 0) is 4.79 Å². The molecule has 0 radical (unpaired) electrons. The quantitative estimate of drug-likeness (QED) is 0.432. The second-order valence-electron chi connectivity index (χ2n) is 8.31. The van der Waals surface area contributed by atoms with Crippen LogP contribution < -0.4 is 15.4 Å². The molecule has 1 fully saturated rings. The van der Waals surface area contributed by atoms with Crippen LogP contribution in [0.3, 0.4) is 0 Å². The number of anilines is 3. The molecule has 1 amide bonds. The van der Waals surface area contributed by atoms with Gasteiger partial charge in [-0.25, -0.2) is 4.39 Å². The predicted molar refractivity (Wildman–Crippen MR) is 136 cm³/mol. The molecule has 1 aromatic heterocycles. The normalized spacial score (nSPS) is 13.9. The Morgan fingerprint density at radius 3 is 2.77 bits per heavy atom. The number of ether oxygens (including phenoxy) is 1. The molecule has 0 bridgehead atoms. The zero-order chi connectivity index (χ0) is 24.9. The van der Waals surface area contributed by atoms with E-state index in [1.807, 2.05) is 6.92 Å². The number of benzene rings is 2. The summed E-state index contributed by atoms with van der Waals surface area (Å²) in [5.74, 6) is -0.306. The Balaban J connectivity index is 1.73. The number of piperidine rings is 1. The van der Waals surface area contributed by atoms with Gasteiger partial charge in [-0.2, -0.15) is 5.26 Å². The Kier molecular flexibility index (Phi) is 7.49. The summed E-state index contributed by atoms with van der Waals surface area (Å²) in [6, 6.07) is 9.79. The third-order valence-corrected chi connectivity index (χ3v) is 6.09. The van der Waals surface area contributed by atoms with Crippen LogP contribution in [0.15, 0.2) is 48.2 Å². The van der Waals surface area contributed by atoms with E-state index in [2.05, 4.69) is 33.6 Å². The fourth-order valence-corrected chi connectivity index (χ4v) is 4.11. The molecule has 0 unspecified atom stereocenters. The Hall–Kier alpha value is -3.67. The van der Waals surface area contributed by atoms with Gasteiger partial charge in [-0.1, -0.05) is 17.2 Å². The molecule has 7 nitrogen and oxygen atoms in total. The highest BCUT2D eigenvalue weighted by Gasteiger charge is 2.17. The van der Waals surface area contributed by atoms with E-state index in [-0.39, 0.29) is 16.5 Å². The molecule has 2 N–H and O–H groups in total. The number of nitrogens with one attached hydrogen (secondary N) is 2. The molecule has 9 heteroatoms. The maximum Gasteiger partial charge on any atom is 0.248 e. The van der Waals surface area contributed by atoms with Crippen LogP contribution in [0.4, 0.5) is 21.5 Å². The Morgan fingerprint density at radius 1 is 1.31 bits per heavy atom. The summed E-state index contributed by atoms with van der Waals surface area (Å²) in [5.41, 5.74) is 3.39. The van der Waals surface area contributed by atoms with Crippen molar-refractivity contribution in [3.8, 4) is 11.8 Å². The minimum atomic E-state index is -0.539. The largest absolute Gasteiger partial charge is 0.492 e. The maximum absolute atomic E-state index is 13.6. The number of carbonyl (C=O) groups excluding carboxylic acids is 1. The molecule has 35 heavy (non-hydrogen) atoms. The third kappa shape index (κ3) is 5.70. The van der Waals surface area contributed by atoms with Gasteiger partial charge in [0.25, 0.3) is 0 Å². The fraction of sp³-hybridized carbons (Fsp3) is 0.269. The number of hydrogen-bond acceptors (Lipinski definition) is 6. The van der Waals surface area contributed by atoms with E-state index in [1.165, 1.54) is 24.4 Å². The van der Waals surface area contributed by atoms with Gasteiger partial charge in [0.2, 0.25) is 5.91 Å². The van der Waals surface area contributed by atoms with Crippen LogP contribution in [0.25, 0.3) is 10.9 Å². The monoisotopic (exact) mass is 493 g/mol. The summed E-state index contributed by atoms with van der Waals surface area (Å²) in [7, 11) is 2.06. The van der Waals surface area contributed by atoms with Crippen molar-refractivity contribution >= 4 is 45.5 Å². The molecule has 1 aliphatic rings. The summed E-state index contributed by atoms with van der Waals surface area (Å²) in [5, 5.41) is 16.3. The zero-order valence-corrected chi connectivity index (χ0v) is 20.2. The van der Waals surface area contributed by atoms with E-state index < -0.39 is 5.82 Å². The van der Waals surface area contributed by atoms with Crippen LogP contribution in [0, 0.1) is 17.1 Å². The molecule has 3 aromatic rings. The summed E-state index contributed by atoms with van der Waals surface area (Å²) in [6.07, 6.45) is 4.80. The zero-order valence-electron chi connectivity index (χ0n) is 19.5. The maximum atomic E-state index is 13.6. The molecule has 2 aromatic carbocycles. The highest BCUT2D eigenvalue weighted by Crippen LogP contribution is 2.36. The van der Waals surface area contributed by atoms with Gasteiger partial charge in [0, 0.05) is 42.5 Å². The number of likely N-dealkylation sites (tertiary alicyclic amines) is 1. The second-order valence-corrected chi connectivity index (χ2v) is 8.71. The average molecular weight is 494 g/mol. The number of nitriles is 1. The van der Waals surface area contributed by atoms with E-state index in [1.54, 1.807) is 18.2 Å². The number of pyridine rings is 1. The minimum absolute atomic E-state index is 0.0413. The highest BCUT2D eigenvalue weighted by molar-refractivity contribution is 6.31. The molecule has 2 heterocycles. The van der Waals surface area contributed by atoms with Crippen molar-refractivity contribution in [3.63, 3.8) is 0 Å². The number of halogens is 2. The molecule has 180 valence electrons. The molecule has 0 spiro atoms. The lowest BCUT2D eigenvalue weighted by atomic mass is 10.0. The molecule has 1 saturated heterocycles. The number of fused-ring (bicyclic) bond motifs is 1. The molecule has 1 aliphatic heterocycles. The van der Waals surface area contributed by atoms with Crippen molar-refractivity contribution in [2.75, 3.05) is 37.4 Å². The van der Waals surface area contributed by atoms with Crippen molar-refractivity contribution in [2.24, 2.45) is 0 Å². The van der Waals surface area contributed by atoms with Gasteiger partial charge in [0.05, 0.1) is 34.1 Å². The first kappa shape index (κ1) is 24.5. The van der Waals surface area contributed by atoms with Gasteiger partial charge in [-0.15, -0.1) is 0 Å². The Morgan fingerprint density at radius 2 is 2.09 bits per heavy atom. The first-order valence-corrected chi connectivity index (χ1v) is 11.7. The lowest BCUT2D eigenvalue weighted by molar-refractivity contribution is -0.112. The first-order valence-electron chi connectivity index (χ1n) is 11.3. The number of hydrogen-bond donors (Lipinski definition) is 2. The standard InChI is InChI=1S/C26H25ClFN5O2/c1-3-35-24-13-22-19(12-23(24)32-25(34)10-16-6-8-33(2)9-7-16)26(17(14-29)15-30-22)31-18-4-5-21(28)20(27)11-18/h4-5,10-13,15H,3,6-9H2,1-2H3,(H,30,31)(H,32,34). The number of nitrogens with zero attached hydrogens (tertiary/aromatic N) is 3. The smallest absolute Gasteiger partial charge is 0.248 e. The first-order chi connectivity index (χ1) is 16.9. The van der Waals surface area contributed by atoms with Gasteiger partial charge < -0.3 is 20.3 Å². The second kappa shape index (κ2) is 10.7. The SMILES string of the molecule is CCOc1cc2ncc(C#N)c(Nc3ccc(F)c(Cl)c3)c2cc1NC(=O)C=C1CCN(C)CC1. The summed E-state index contributed by atoms with van der Waals surface area (Å²) in [4.78, 5) is 19.5. The highest BCUT2D eigenvalue weighted by atomic mass is 35.5. The number of carbonyl (C=O) groups is 1. The molecule has 0 atom stereocenters. The van der Waals surface area contributed by atoms with Gasteiger partial charge in [-0.05, 0) is 51.1 Å². The lowest BCUT2D eigenvalue weighted by Gasteiger charge is -2.23. The van der Waals surface area contributed by atoms with Crippen LogP contribution in [0.2, 0.25) is 5.02 Å². The molecular formula is C26H25ClFN5O2. The third-order valence-electron chi connectivity index (χ3n) is 5.80. The number of aromatic nitrogens is 1. The van der Waals surface area contributed by atoms with E-state index in [0.29, 0.717) is 40.3 Å². The molecule has 4 rings (SSSR count). The fourth-order valence-electron chi connectivity index (χ4n) is 3.93. The predicted octanol–water partition coefficient (Wildman–Crippen LogP) is 5.63. The average Bonchev–Trinajstić information content (AvgIpc) is 2.84. The van der Waals surface area contributed by atoms with Crippen LogP contribution in [0.1, 0.15) is 25.3 Å². The van der Waals surface area contributed by atoms with E-state index in [9.17, 15) is 14.4 Å². The van der Waals surface area contributed by atoms with Gasteiger partial charge in [-0.3, -0.25) is 9.78 Å². The van der Waals surface area contributed by atoms with Crippen molar-refractivity contribution < 1.29 is 13.9 Å². The van der Waals surface area contributed by atoms with Crippen molar-refractivity contribution in [1.82, 2.24) is 9.88 Å². The topological polar surface area (TPSA) is 90.3 Å². The van der Waals surface area contributed by atoms with Gasteiger partial charge in [0.15, 0.2) is 0 Å². The summed E-state index contributed by atoms with van der Waals surface area (Å²) in [6.45, 7) is 4.10. The van der Waals surface area contributed by atoms with E-state index in [4.69, 9.17) is 16.3 Å². The molecular weight excluding hydrogens is 469 g/mol. The van der Waals surface area contributed by atoms with E-state index >= 15 is 0 Å². The minimum Gasteiger partial charge on any atom is -0.492 e. The van der Waals surface area contributed by atoms with Crippen molar-refractivity contribution in [3.05, 3.63) is 64.6 Å². The van der Waals surface area contributed by atoms with Crippen LogP contribution in [-0.4, -0.2) is 42.5 Å². The molecule has 0 aliphatic carbocycles. The van der Waals surface area contributed by atoms with Gasteiger partial charge >= 0.3 is 0 Å². The summed E-state index contributed by atoms with van der Waals surface area (Å²) >= 11 is 5.93.